The molecular weight excluding hydrogens is 362 g/mol. The molecule has 24 heavy (non-hydrogen) atoms. The summed E-state index contributed by atoms with van der Waals surface area (Å²) in [7, 11) is 0. The Hall–Kier alpha value is -1.87. The molecular formula is C21H22BrNO. The SMILES string of the molecule is CCCCN1C(=O)Cc2ccccc2C(Br)=C1c1cccc(C)c1. The highest BCUT2D eigenvalue weighted by Crippen LogP contribution is 2.38. The fourth-order valence-corrected chi connectivity index (χ4v) is 3.98. The predicted molar refractivity (Wildman–Crippen MR) is 104 cm³/mol. The lowest BCUT2D eigenvalue weighted by atomic mass is 10.0. The minimum absolute atomic E-state index is 0.168. The second kappa shape index (κ2) is 7.35. The van der Waals surface area contributed by atoms with Gasteiger partial charge in [-0.3, -0.25) is 4.79 Å². The van der Waals surface area contributed by atoms with Crippen molar-refractivity contribution in [1.29, 1.82) is 0 Å². The quantitative estimate of drug-likeness (QED) is 0.691. The number of fused-ring (bicyclic) bond motifs is 1. The van der Waals surface area contributed by atoms with Crippen LogP contribution in [0, 0.1) is 6.92 Å². The van der Waals surface area contributed by atoms with Gasteiger partial charge in [-0.1, -0.05) is 61.4 Å². The van der Waals surface area contributed by atoms with Crippen LogP contribution in [0.15, 0.2) is 48.5 Å². The van der Waals surface area contributed by atoms with Crippen molar-refractivity contribution in [3.63, 3.8) is 0 Å². The Bertz CT molecular complexity index is 794. The van der Waals surface area contributed by atoms with Gasteiger partial charge < -0.3 is 4.90 Å². The molecule has 1 amide bonds. The fraction of sp³-hybridized carbons (Fsp3) is 0.286. The Morgan fingerprint density at radius 1 is 1.12 bits per heavy atom. The average Bonchev–Trinajstić information content (AvgIpc) is 2.68. The van der Waals surface area contributed by atoms with Crippen molar-refractivity contribution in [2.75, 3.05) is 6.54 Å². The lowest BCUT2D eigenvalue weighted by Gasteiger charge is -2.25. The molecule has 0 aliphatic carbocycles. The lowest BCUT2D eigenvalue weighted by Crippen LogP contribution is -2.31. The van der Waals surface area contributed by atoms with E-state index in [1.807, 2.05) is 23.1 Å². The zero-order valence-electron chi connectivity index (χ0n) is 14.2. The van der Waals surface area contributed by atoms with Crippen LogP contribution >= 0.6 is 15.9 Å². The van der Waals surface area contributed by atoms with Gasteiger partial charge in [-0.2, -0.15) is 0 Å². The van der Waals surface area contributed by atoms with Gasteiger partial charge in [0.25, 0.3) is 0 Å². The third-order valence-corrected chi connectivity index (χ3v) is 5.20. The van der Waals surface area contributed by atoms with Crippen LogP contribution in [-0.4, -0.2) is 17.4 Å². The summed E-state index contributed by atoms with van der Waals surface area (Å²) >= 11 is 3.81. The highest BCUT2D eigenvalue weighted by molar-refractivity contribution is 9.15. The fourth-order valence-electron chi connectivity index (χ4n) is 3.15. The summed E-state index contributed by atoms with van der Waals surface area (Å²) in [5, 5.41) is 0. The Labute approximate surface area is 152 Å². The zero-order chi connectivity index (χ0) is 17.1. The van der Waals surface area contributed by atoms with Crippen LogP contribution in [0.4, 0.5) is 0 Å². The number of halogens is 1. The van der Waals surface area contributed by atoms with E-state index >= 15 is 0 Å². The van der Waals surface area contributed by atoms with Crippen molar-refractivity contribution in [1.82, 2.24) is 4.90 Å². The highest BCUT2D eigenvalue weighted by Gasteiger charge is 2.27. The largest absolute Gasteiger partial charge is 0.310 e. The number of aryl methyl sites for hydroxylation is 1. The van der Waals surface area contributed by atoms with Crippen molar-refractivity contribution >= 4 is 32.0 Å². The Kier molecular flexibility index (Phi) is 5.20. The summed E-state index contributed by atoms with van der Waals surface area (Å²) in [6.07, 6.45) is 2.51. The maximum Gasteiger partial charge on any atom is 0.231 e. The predicted octanol–water partition coefficient (Wildman–Crippen LogP) is 5.40. The lowest BCUT2D eigenvalue weighted by molar-refractivity contribution is -0.127. The van der Waals surface area contributed by atoms with Crippen molar-refractivity contribution in [3.8, 4) is 0 Å². The topological polar surface area (TPSA) is 20.3 Å². The zero-order valence-corrected chi connectivity index (χ0v) is 15.8. The van der Waals surface area contributed by atoms with E-state index in [9.17, 15) is 4.79 Å². The molecule has 0 spiro atoms. The van der Waals surface area contributed by atoms with E-state index in [1.165, 1.54) is 5.56 Å². The molecule has 1 heterocycles. The normalized spacial score (nSPS) is 14.6. The summed E-state index contributed by atoms with van der Waals surface area (Å²) in [5.41, 5.74) is 5.46. The summed E-state index contributed by atoms with van der Waals surface area (Å²) in [4.78, 5) is 14.9. The number of amides is 1. The van der Waals surface area contributed by atoms with Crippen LogP contribution in [0.1, 0.15) is 42.0 Å². The van der Waals surface area contributed by atoms with Crippen LogP contribution in [0.25, 0.3) is 10.2 Å². The summed E-state index contributed by atoms with van der Waals surface area (Å²) in [6, 6.07) is 16.5. The minimum Gasteiger partial charge on any atom is -0.310 e. The Morgan fingerprint density at radius 2 is 1.92 bits per heavy atom. The van der Waals surface area contributed by atoms with Gasteiger partial charge in [-0.05, 0) is 52.0 Å². The highest BCUT2D eigenvalue weighted by atomic mass is 79.9. The summed E-state index contributed by atoms with van der Waals surface area (Å²) in [6.45, 7) is 4.99. The van der Waals surface area contributed by atoms with Crippen molar-refractivity contribution in [2.24, 2.45) is 0 Å². The Morgan fingerprint density at radius 3 is 2.67 bits per heavy atom. The molecule has 0 N–H and O–H groups in total. The van der Waals surface area contributed by atoms with Crippen LogP contribution in [0.3, 0.4) is 0 Å². The van der Waals surface area contributed by atoms with E-state index in [0.29, 0.717) is 6.42 Å². The number of unbranched alkanes of at least 4 members (excludes halogenated alkanes) is 1. The van der Waals surface area contributed by atoms with Crippen molar-refractivity contribution in [3.05, 3.63) is 70.8 Å². The molecule has 0 fully saturated rings. The molecule has 3 rings (SSSR count). The van der Waals surface area contributed by atoms with E-state index in [-0.39, 0.29) is 5.91 Å². The van der Waals surface area contributed by atoms with E-state index in [1.54, 1.807) is 0 Å². The number of carbonyl (C=O) groups excluding carboxylic acids is 1. The van der Waals surface area contributed by atoms with E-state index in [2.05, 4.69) is 60.1 Å². The van der Waals surface area contributed by atoms with Crippen LogP contribution in [0.2, 0.25) is 0 Å². The molecule has 0 radical (unpaired) electrons. The first-order chi connectivity index (χ1) is 11.6. The van der Waals surface area contributed by atoms with Crippen LogP contribution in [-0.2, 0) is 11.2 Å². The first kappa shape index (κ1) is 17.0. The number of carbonyl (C=O) groups is 1. The van der Waals surface area contributed by atoms with Crippen molar-refractivity contribution in [2.45, 2.75) is 33.1 Å². The first-order valence-corrected chi connectivity index (χ1v) is 9.26. The van der Waals surface area contributed by atoms with Gasteiger partial charge in [0.1, 0.15) is 0 Å². The minimum atomic E-state index is 0.168. The number of hydrogen-bond acceptors (Lipinski definition) is 1. The average molecular weight is 384 g/mol. The monoisotopic (exact) mass is 383 g/mol. The number of nitrogens with zero attached hydrogens (tertiary/aromatic N) is 1. The molecule has 124 valence electrons. The van der Waals surface area contributed by atoms with Gasteiger partial charge in [0.2, 0.25) is 5.91 Å². The standard InChI is InChI=1S/C21H22BrNO/c1-3-4-12-23-19(24)14-16-9-5-6-11-18(16)20(22)21(23)17-10-7-8-15(2)13-17/h5-11,13H,3-4,12,14H2,1-2H3. The maximum atomic E-state index is 13.0. The van der Waals surface area contributed by atoms with Crippen LogP contribution < -0.4 is 0 Å². The number of benzene rings is 2. The molecule has 2 aromatic carbocycles. The molecule has 1 aliphatic rings. The molecule has 0 unspecified atom stereocenters. The third kappa shape index (κ3) is 3.32. The summed E-state index contributed by atoms with van der Waals surface area (Å²) in [5.74, 6) is 0.168. The molecule has 0 aromatic heterocycles. The van der Waals surface area contributed by atoms with E-state index in [0.717, 1.165) is 46.3 Å². The van der Waals surface area contributed by atoms with Gasteiger partial charge in [0, 0.05) is 11.0 Å². The third-order valence-electron chi connectivity index (χ3n) is 4.40. The smallest absolute Gasteiger partial charge is 0.231 e. The van der Waals surface area contributed by atoms with Gasteiger partial charge in [0.05, 0.1) is 12.1 Å². The second-order valence-corrected chi connectivity index (χ2v) is 7.06. The molecule has 1 aliphatic heterocycles. The van der Waals surface area contributed by atoms with Crippen molar-refractivity contribution < 1.29 is 4.79 Å². The molecule has 0 atom stereocenters. The van der Waals surface area contributed by atoms with Gasteiger partial charge in [-0.15, -0.1) is 0 Å². The van der Waals surface area contributed by atoms with Crippen LogP contribution in [0.5, 0.6) is 0 Å². The van der Waals surface area contributed by atoms with E-state index < -0.39 is 0 Å². The first-order valence-electron chi connectivity index (χ1n) is 8.47. The molecule has 0 bridgehead atoms. The van der Waals surface area contributed by atoms with Gasteiger partial charge in [-0.25, -0.2) is 0 Å². The molecule has 0 saturated carbocycles. The Balaban J connectivity index is 2.20. The van der Waals surface area contributed by atoms with E-state index in [4.69, 9.17) is 0 Å². The van der Waals surface area contributed by atoms with Gasteiger partial charge in [0.15, 0.2) is 0 Å². The number of hydrogen-bond donors (Lipinski definition) is 0. The maximum absolute atomic E-state index is 13.0. The second-order valence-electron chi connectivity index (χ2n) is 6.26. The molecule has 2 nitrogen and oxygen atoms in total. The summed E-state index contributed by atoms with van der Waals surface area (Å²) < 4.78 is 1.01. The van der Waals surface area contributed by atoms with Gasteiger partial charge >= 0.3 is 0 Å². The number of rotatable bonds is 4. The molecule has 3 heteroatoms. The molecule has 0 saturated heterocycles. The molecule has 2 aromatic rings.